The third kappa shape index (κ3) is 2.54. The maximum absolute atomic E-state index is 12.1. The first kappa shape index (κ1) is 12.7. The molecule has 0 saturated heterocycles. The van der Waals surface area contributed by atoms with Crippen LogP contribution in [0, 0.1) is 0 Å². The van der Waals surface area contributed by atoms with Crippen molar-refractivity contribution in [3.05, 3.63) is 17.2 Å². The molecule has 0 aromatic heterocycles. The van der Waals surface area contributed by atoms with Gasteiger partial charge in [0.05, 0.1) is 10.7 Å². The Kier molecular flexibility index (Phi) is 2.92. The molecule has 0 spiro atoms. The first-order valence-electron chi connectivity index (χ1n) is 5.74. The molecule has 0 atom stereocenters. The quantitative estimate of drug-likeness (QED) is 0.876. The first-order valence-corrected chi connectivity index (χ1v) is 7.60. The molecular weight excluding hydrogens is 292 g/mol. The number of carbonyl (C=O) groups is 1. The number of amides is 1. The van der Waals surface area contributed by atoms with Gasteiger partial charge >= 0.3 is 0 Å². The largest absolute Gasteiger partial charge is 0.482 e. The van der Waals surface area contributed by atoms with Crippen molar-refractivity contribution in [2.45, 2.75) is 23.8 Å². The molecule has 102 valence electrons. The highest BCUT2D eigenvalue weighted by Crippen LogP contribution is 2.36. The van der Waals surface area contributed by atoms with Crippen molar-refractivity contribution in [2.75, 3.05) is 11.9 Å². The van der Waals surface area contributed by atoms with Crippen molar-refractivity contribution in [3.8, 4) is 5.75 Å². The first-order chi connectivity index (χ1) is 8.95. The lowest BCUT2D eigenvalue weighted by atomic mass is 10.2. The normalized spacial score (nSPS) is 18.5. The van der Waals surface area contributed by atoms with Gasteiger partial charge in [-0.15, -0.1) is 0 Å². The van der Waals surface area contributed by atoms with Crippen LogP contribution in [0.4, 0.5) is 5.69 Å². The zero-order chi connectivity index (χ0) is 13.6. The summed E-state index contributed by atoms with van der Waals surface area (Å²) >= 11 is 5.97. The number of rotatable bonds is 3. The molecule has 0 bridgehead atoms. The zero-order valence-corrected chi connectivity index (χ0v) is 11.3. The van der Waals surface area contributed by atoms with E-state index in [0.717, 1.165) is 12.8 Å². The average molecular weight is 303 g/mol. The predicted octanol–water partition coefficient (Wildman–Crippen LogP) is 1.11. The molecule has 6 nitrogen and oxygen atoms in total. The van der Waals surface area contributed by atoms with Crippen LogP contribution >= 0.6 is 11.6 Å². The van der Waals surface area contributed by atoms with Crippen LogP contribution in [0.15, 0.2) is 17.0 Å². The number of anilines is 1. The van der Waals surface area contributed by atoms with Gasteiger partial charge in [0.2, 0.25) is 10.0 Å². The van der Waals surface area contributed by atoms with Gasteiger partial charge in [-0.1, -0.05) is 11.6 Å². The lowest BCUT2D eigenvalue weighted by Crippen LogP contribution is -2.28. The topological polar surface area (TPSA) is 84.5 Å². The summed E-state index contributed by atoms with van der Waals surface area (Å²) in [6.07, 6.45) is 1.68. The second-order valence-corrected chi connectivity index (χ2v) is 6.60. The van der Waals surface area contributed by atoms with E-state index in [-0.39, 0.29) is 28.5 Å². The highest BCUT2D eigenvalue weighted by atomic mass is 35.5. The lowest BCUT2D eigenvalue weighted by molar-refractivity contribution is -0.118. The number of fused-ring (bicyclic) bond motifs is 1. The number of hydrogen-bond donors (Lipinski definition) is 2. The molecule has 1 saturated carbocycles. The SMILES string of the molecule is O=C1COc2cc(S(=O)(=O)NC3CC3)c(Cl)cc2N1. The Morgan fingerprint density at radius 1 is 1.37 bits per heavy atom. The van der Waals surface area contributed by atoms with E-state index in [0.29, 0.717) is 11.4 Å². The van der Waals surface area contributed by atoms with E-state index in [1.54, 1.807) is 0 Å². The van der Waals surface area contributed by atoms with Gasteiger partial charge < -0.3 is 10.1 Å². The molecule has 1 fully saturated rings. The van der Waals surface area contributed by atoms with Crippen LogP contribution in [0.2, 0.25) is 5.02 Å². The van der Waals surface area contributed by atoms with Crippen molar-refractivity contribution in [2.24, 2.45) is 0 Å². The number of carbonyl (C=O) groups excluding carboxylic acids is 1. The summed E-state index contributed by atoms with van der Waals surface area (Å²) in [5, 5.41) is 2.62. The van der Waals surface area contributed by atoms with Crippen LogP contribution in [0.3, 0.4) is 0 Å². The van der Waals surface area contributed by atoms with Gasteiger partial charge in [0.25, 0.3) is 5.91 Å². The number of halogens is 1. The van der Waals surface area contributed by atoms with Gasteiger partial charge in [0.1, 0.15) is 10.6 Å². The number of nitrogens with one attached hydrogen (secondary N) is 2. The molecule has 8 heteroatoms. The highest BCUT2D eigenvalue weighted by molar-refractivity contribution is 7.89. The molecule has 1 aliphatic heterocycles. The molecule has 3 rings (SSSR count). The molecule has 2 aliphatic rings. The van der Waals surface area contributed by atoms with Gasteiger partial charge in [-0.05, 0) is 18.9 Å². The van der Waals surface area contributed by atoms with Crippen LogP contribution in [-0.4, -0.2) is 27.0 Å². The third-order valence-electron chi connectivity index (χ3n) is 2.86. The summed E-state index contributed by atoms with van der Waals surface area (Å²) < 4.78 is 32.0. The Hall–Kier alpha value is -1.31. The Bertz CT molecular complexity index is 655. The van der Waals surface area contributed by atoms with E-state index in [1.165, 1.54) is 12.1 Å². The number of sulfonamides is 1. The Balaban J connectivity index is 2.00. The monoisotopic (exact) mass is 302 g/mol. The molecule has 2 N–H and O–H groups in total. The minimum atomic E-state index is -3.65. The standard InChI is InChI=1S/C11H11ClN2O4S/c12-7-3-8-9(18-5-11(15)13-8)4-10(7)19(16,17)14-6-1-2-6/h3-4,6,14H,1-2,5H2,(H,13,15). The summed E-state index contributed by atoms with van der Waals surface area (Å²) in [7, 11) is -3.65. The minimum Gasteiger partial charge on any atom is -0.482 e. The fourth-order valence-electron chi connectivity index (χ4n) is 1.77. The van der Waals surface area contributed by atoms with E-state index in [4.69, 9.17) is 16.3 Å². The zero-order valence-electron chi connectivity index (χ0n) is 9.77. The van der Waals surface area contributed by atoms with Crippen LogP contribution in [0.5, 0.6) is 5.75 Å². The van der Waals surface area contributed by atoms with E-state index in [1.807, 2.05) is 0 Å². The predicted molar refractivity (Wildman–Crippen MR) is 68.9 cm³/mol. The summed E-state index contributed by atoms with van der Waals surface area (Å²) in [4.78, 5) is 11.1. The van der Waals surface area contributed by atoms with Gasteiger partial charge in [0.15, 0.2) is 6.61 Å². The van der Waals surface area contributed by atoms with Gasteiger partial charge in [-0.2, -0.15) is 0 Å². The van der Waals surface area contributed by atoms with Gasteiger partial charge in [-0.25, -0.2) is 13.1 Å². The second kappa shape index (κ2) is 4.36. The lowest BCUT2D eigenvalue weighted by Gasteiger charge is -2.19. The molecule has 1 amide bonds. The van der Waals surface area contributed by atoms with Crippen LogP contribution in [0.25, 0.3) is 0 Å². The molecule has 1 aromatic carbocycles. The summed E-state index contributed by atoms with van der Waals surface area (Å²) in [6.45, 7) is -0.135. The van der Waals surface area contributed by atoms with E-state index < -0.39 is 10.0 Å². The number of hydrogen-bond acceptors (Lipinski definition) is 4. The van der Waals surface area contributed by atoms with Crippen molar-refractivity contribution in [3.63, 3.8) is 0 Å². The molecule has 0 radical (unpaired) electrons. The smallest absolute Gasteiger partial charge is 0.262 e. The van der Waals surface area contributed by atoms with Crippen molar-refractivity contribution < 1.29 is 17.9 Å². The number of ether oxygens (including phenoxy) is 1. The van der Waals surface area contributed by atoms with E-state index in [2.05, 4.69) is 10.0 Å². The second-order valence-electron chi connectivity index (χ2n) is 4.51. The van der Waals surface area contributed by atoms with E-state index >= 15 is 0 Å². The maximum Gasteiger partial charge on any atom is 0.262 e. The Morgan fingerprint density at radius 2 is 2.11 bits per heavy atom. The molecular formula is C11H11ClN2O4S. The van der Waals surface area contributed by atoms with Crippen LogP contribution < -0.4 is 14.8 Å². The van der Waals surface area contributed by atoms with E-state index in [9.17, 15) is 13.2 Å². The fraction of sp³-hybridized carbons (Fsp3) is 0.364. The van der Waals surface area contributed by atoms with Gasteiger partial charge in [0, 0.05) is 12.1 Å². The maximum atomic E-state index is 12.1. The van der Waals surface area contributed by atoms with Crippen molar-refractivity contribution in [1.82, 2.24) is 4.72 Å². The third-order valence-corrected chi connectivity index (χ3v) is 4.84. The van der Waals surface area contributed by atoms with Crippen LogP contribution in [0.1, 0.15) is 12.8 Å². The minimum absolute atomic E-state index is 0.00211. The average Bonchev–Trinajstić information content (AvgIpc) is 3.10. The van der Waals surface area contributed by atoms with Crippen molar-refractivity contribution >= 4 is 33.2 Å². The molecule has 19 heavy (non-hydrogen) atoms. The Labute approximate surface area is 115 Å². The van der Waals surface area contributed by atoms with Crippen molar-refractivity contribution in [1.29, 1.82) is 0 Å². The van der Waals surface area contributed by atoms with Crippen LogP contribution in [-0.2, 0) is 14.8 Å². The van der Waals surface area contributed by atoms with Gasteiger partial charge in [-0.3, -0.25) is 4.79 Å². The molecule has 1 aliphatic carbocycles. The summed E-state index contributed by atoms with van der Waals surface area (Å²) in [5.41, 5.74) is 0.381. The molecule has 1 aromatic rings. The highest BCUT2D eigenvalue weighted by Gasteiger charge is 2.30. The fourth-order valence-corrected chi connectivity index (χ4v) is 3.62. The number of benzene rings is 1. The summed E-state index contributed by atoms with van der Waals surface area (Å²) in [5.74, 6) is 0.00968. The molecule has 0 unspecified atom stereocenters. The summed E-state index contributed by atoms with van der Waals surface area (Å²) in [6, 6.07) is 2.72. The molecule has 1 heterocycles. The Morgan fingerprint density at radius 3 is 2.79 bits per heavy atom.